The predicted molar refractivity (Wildman–Crippen MR) is 86.7 cm³/mol. The van der Waals surface area contributed by atoms with Crippen molar-refractivity contribution in [3.8, 4) is 0 Å². The number of anilines is 4. The van der Waals surface area contributed by atoms with Crippen LogP contribution in [0.3, 0.4) is 0 Å². The number of nitrogen functional groups attached to an aromatic ring is 1. The van der Waals surface area contributed by atoms with Crippen LogP contribution in [0.25, 0.3) is 0 Å². The summed E-state index contributed by atoms with van der Waals surface area (Å²) in [6.45, 7) is 3.96. The second-order valence-electron chi connectivity index (χ2n) is 5.88. The summed E-state index contributed by atoms with van der Waals surface area (Å²) in [5.74, 6) is 0.488. The second kappa shape index (κ2) is 6.36. The third kappa shape index (κ3) is 3.33. The lowest BCUT2D eigenvalue weighted by molar-refractivity contribution is 0.437. The van der Waals surface area contributed by atoms with Gasteiger partial charge in [-0.15, -0.1) is 0 Å². The van der Waals surface area contributed by atoms with Gasteiger partial charge >= 0.3 is 0 Å². The van der Waals surface area contributed by atoms with Crippen LogP contribution in [-0.4, -0.2) is 23.1 Å². The Bertz CT molecular complexity index is 699. The molecule has 0 radical (unpaired) electrons. The monoisotopic (exact) mass is 319 g/mol. The standard InChI is InChI=1S/C16H19F2N5/c1-10-4-6-23(7-5-10)16-14(19)15(20-9-21-16)22-13-8-11(17)2-3-12(13)18/h2-3,8-10H,4-7,19H2,1H3,(H,20,21,22). The number of piperidine rings is 1. The molecule has 0 bridgehead atoms. The van der Waals surface area contributed by atoms with Gasteiger partial charge in [-0.2, -0.15) is 0 Å². The van der Waals surface area contributed by atoms with Gasteiger partial charge in [-0.05, 0) is 30.9 Å². The van der Waals surface area contributed by atoms with Crippen LogP contribution in [0.15, 0.2) is 24.5 Å². The fourth-order valence-corrected chi connectivity index (χ4v) is 2.68. The largest absolute Gasteiger partial charge is 0.393 e. The van der Waals surface area contributed by atoms with Gasteiger partial charge in [0, 0.05) is 19.2 Å². The highest BCUT2D eigenvalue weighted by atomic mass is 19.1. The number of aromatic nitrogens is 2. The van der Waals surface area contributed by atoms with Gasteiger partial charge in [0.2, 0.25) is 0 Å². The third-order valence-electron chi connectivity index (χ3n) is 4.13. The molecule has 0 amide bonds. The van der Waals surface area contributed by atoms with Crippen molar-refractivity contribution in [2.75, 3.05) is 29.0 Å². The summed E-state index contributed by atoms with van der Waals surface area (Å²) in [5.41, 5.74) is 6.47. The number of nitrogens with two attached hydrogens (primary N) is 1. The number of rotatable bonds is 3. The Morgan fingerprint density at radius 1 is 1.22 bits per heavy atom. The number of nitrogens with one attached hydrogen (secondary N) is 1. The molecular formula is C16H19F2N5. The van der Waals surface area contributed by atoms with Crippen molar-refractivity contribution in [2.45, 2.75) is 19.8 Å². The van der Waals surface area contributed by atoms with E-state index in [1.54, 1.807) is 0 Å². The Labute approximate surface area is 133 Å². The number of hydrogen-bond donors (Lipinski definition) is 2. The average molecular weight is 319 g/mol. The van der Waals surface area contributed by atoms with Gasteiger partial charge in [0.25, 0.3) is 0 Å². The van der Waals surface area contributed by atoms with Crippen LogP contribution in [0.5, 0.6) is 0 Å². The molecule has 7 heteroatoms. The van der Waals surface area contributed by atoms with Crippen LogP contribution in [0.1, 0.15) is 19.8 Å². The van der Waals surface area contributed by atoms with Gasteiger partial charge in [-0.3, -0.25) is 0 Å². The normalized spacial score (nSPS) is 15.7. The van der Waals surface area contributed by atoms with Crippen molar-refractivity contribution in [2.24, 2.45) is 5.92 Å². The fraction of sp³-hybridized carbons (Fsp3) is 0.375. The van der Waals surface area contributed by atoms with Gasteiger partial charge in [0.05, 0.1) is 5.69 Å². The molecule has 0 saturated carbocycles. The molecule has 2 aromatic rings. The van der Waals surface area contributed by atoms with Gasteiger partial charge < -0.3 is 16.0 Å². The van der Waals surface area contributed by atoms with Gasteiger partial charge in [0.1, 0.15) is 23.6 Å². The smallest absolute Gasteiger partial charge is 0.159 e. The first-order valence-corrected chi connectivity index (χ1v) is 7.62. The molecule has 1 aromatic carbocycles. The van der Waals surface area contributed by atoms with Crippen LogP contribution in [0, 0.1) is 17.6 Å². The zero-order chi connectivity index (χ0) is 16.4. The van der Waals surface area contributed by atoms with Crippen LogP contribution < -0.4 is 16.0 Å². The van der Waals surface area contributed by atoms with Crippen molar-refractivity contribution in [3.63, 3.8) is 0 Å². The number of hydrogen-bond acceptors (Lipinski definition) is 5. The SMILES string of the molecule is CC1CCN(c2ncnc(Nc3cc(F)ccc3F)c2N)CC1. The Hall–Kier alpha value is -2.44. The Balaban J connectivity index is 1.86. The van der Waals surface area contributed by atoms with E-state index in [0.29, 0.717) is 17.4 Å². The first kappa shape index (κ1) is 15.5. The first-order valence-electron chi connectivity index (χ1n) is 7.62. The molecule has 0 spiro atoms. The van der Waals surface area contributed by atoms with Crippen LogP contribution in [-0.2, 0) is 0 Å². The van der Waals surface area contributed by atoms with E-state index in [2.05, 4.69) is 27.1 Å². The molecule has 1 aliphatic heterocycles. The fourth-order valence-electron chi connectivity index (χ4n) is 2.68. The molecule has 0 aliphatic carbocycles. The van der Waals surface area contributed by atoms with Gasteiger partial charge in [-0.25, -0.2) is 18.7 Å². The summed E-state index contributed by atoms with van der Waals surface area (Å²) in [5, 5.41) is 2.75. The molecule has 1 aliphatic rings. The minimum absolute atomic E-state index is 0.00591. The lowest BCUT2D eigenvalue weighted by atomic mass is 9.99. The zero-order valence-corrected chi connectivity index (χ0v) is 12.9. The second-order valence-corrected chi connectivity index (χ2v) is 5.88. The average Bonchev–Trinajstić information content (AvgIpc) is 2.54. The number of halogens is 2. The van der Waals surface area contributed by atoms with Gasteiger partial charge in [-0.1, -0.05) is 6.92 Å². The summed E-state index contributed by atoms with van der Waals surface area (Å²) in [4.78, 5) is 10.4. The maximum atomic E-state index is 13.8. The van der Waals surface area contributed by atoms with E-state index in [4.69, 9.17) is 5.73 Å². The van der Waals surface area contributed by atoms with Crippen molar-refractivity contribution in [3.05, 3.63) is 36.2 Å². The van der Waals surface area contributed by atoms with Crippen LogP contribution >= 0.6 is 0 Å². The molecule has 0 unspecified atom stereocenters. The minimum atomic E-state index is -0.572. The molecule has 5 nitrogen and oxygen atoms in total. The molecule has 3 rings (SSSR count). The Morgan fingerprint density at radius 3 is 2.70 bits per heavy atom. The van der Waals surface area contributed by atoms with E-state index in [0.717, 1.165) is 44.1 Å². The number of benzene rings is 1. The Morgan fingerprint density at radius 2 is 1.96 bits per heavy atom. The van der Waals surface area contributed by atoms with E-state index < -0.39 is 11.6 Å². The highest BCUT2D eigenvalue weighted by molar-refractivity contribution is 5.78. The topological polar surface area (TPSA) is 67.1 Å². The molecule has 23 heavy (non-hydrogen) atoms. The lowest BCUT2D eigenvalue weighted by Gasteiger charge is -2.32. The van der Waals surface area contributed by atoms with Crippen molar-refractivity contribution >= 4 is 23.0 Å². The van der Waals surface area contributed by atoms with Crippen molar-refractivity contribution in [1.29, 1.82) is 0 Å². The summed E-state index contributed by atoms with van der Waals surface area (Å²) in [6, 6.07) is 3.19. The van der Waals surface area contributed by atoms with Crippen molar-refractivity contribution < 1.29 is 8.78 Å². The highest BCUT2D eigenvalue weighted by Gasteiger charge is 2.20. The quantitative estimate of drug-likeness (QED) is 0.908. The molecule has 1 fully saturated rings. The van der Waals surface area contributed by atoms with Crippen LogP contribution in [0.2, 0.25) is 0 Å². The summed E-state index contributed by atoms with van der Waals surface area (Å²) in [6.07, 6.45) is 3.53. The molecule has 3 N–H and O–H groups in total. The van der Waals surface area contributed by atoms with E-state index in [9.17, 15) is 8.78 Å². The van der Waals surface area contributed by atoms with Crippen LogP contribution in [0.4, 0.5) is 31.8 Å². The summed E-state index contributed by atoms with van der Waals surface area (Å²) in [7, 11) is 0. The summed E-state index contributed by atoms with van der Waals surface area (Å²) < 4.78 is 27.0. The maximum absolute atomic E-state index is 13.8. The third-order valence-corrected chi connectivity index (χ3v) is 4.13. The Kier molecular flexibility index (Phi) is 4.27. The maximum Gasteiger partial charge on any atom is 0.159 e. The molecule has 122 valence electrons. The lowest BCUT2D eigenvalue weighted by Crippen LogP contribution is -2.34. The predicted octanol–water partition coefficient (Wildman–Crippen LogP) is 3.32. The molecule has 0 atom stereocenters. The first-order chi connectivity index (χ1) is 11.0. The highest BCUT2D eigenvalue weighted by Crippen LogP contribution is 2.31. The van der Waals surface area contributed by atoms with E-state index in [-0.39, 0.29) is 11.5 Å². The molecule has 1 saturated heterocycles. The zero-order valence-electron chi connectivity index (χ0n) is 12.9. The van der Waals surface area contributed by atoms with E-state index in [1.807, 2.05) is 0 Å². The number of nitrogens with zero attached hydrogens (tertiary/aromatic N) is 3. The van der Waals surface area contributed by atoms with E-state index >= 15 is 0 Å². The molecule has 2 heterocycles. The van der Waals surface area contributed by atoms with E-state index in [1.165, 1.54) is 6.33 Å². The van der Waals surface area contributed by atoms with Crippen molar-refractivity contribution in [1.82, 2.24) is 9.97 Å². The van der Waals surface area contributed by atoms with Gasteiger partial charge in [0.15, 0.2) is 11.6 Å². The minimum Gasteiger partial charge on any atom is -0.393 e. The summed E-state index contributed by atoms with van der Waals surface area (Å²) >= 11 is 0. The molecule has 1 aromatic heterocycles. The molecular weight excluding hydrogens is 300 g/mol.